The summed E-state index contributed by atoms with van der Waals surface area (Å²) in [6, 6.07) is 5.46. The maximum absolute atomic E-state index is 12.0. The number of benzene rings is 1. The SMILES string of the molecule is CN1C(=O)C([NH][Tl])COc2ccc(Br)cc21. The van der Waals surface area contributed by atoms with Gasteiger partial charge in [0.25, 0.3) is 0 Å². The summed E-state index contributed by atoms with van der Waals surface area (Å²) in [5.74, 6) is 0.807. The van der Waals surface area contributed by atoms with Crippen molar-refractivity contribution >= 4 is 53.6 Å². The number of anilines is 1. The number of amides is 1. The summed E-state index contributed by atoms with van der Waals surface area (Å²) in [7, 11) is 1.78. The van der Waals surface area contributed by atoms with Crippen molar-refractivity contribution in [3.05, 3.63) is 22.7 Å². The van der Waals surface area contributed by atoms with Gasteiger partial charge in [-0.25, -0.2) is 0 Å². The van der Waals surface area contributed by atoms with Crippen LogP contribution < -0.4 is 12.8 Å². The van der Waals surface area contributed by atoms with E-state index < -0.39 is 0 Å². The molecular formula is C10H10BrN2O2Tl. The van der Waals surface area contributed by atoms with Gasteiger partial charge >= 0.3 is 119 Å². The van der Waals surface area contributed by atoms with Crippen molar-refractivity contribution in [2.75, 3.05) is 18.6 Å². The second-order valence-electron chi connectivity index (χ2n) is 3.54. The van der Waals surface area contributed by atoms with Gasteiger partial charge in [-0.1, -0.05) is 0 Å². The van der Waals surface area contributed by atoms with Crippen LogP contribution in [0.15, 0.2) is 22.7 Å². The molecule has 4 nitrogen and oxygen atoms in total. The van der Waals surface area contributed by atoms with E-state index in [1.54, 1.807) is 11.9 Å². The van der Waals surface area contributed by atoms with Crippen molar-refractivity contribution in [1.82, 2.24) is 3.13 Å². The minimum atomic E-state index is -0.221. The molecule has 1 aromatic rings. The molecule has 0 bridgehead atoms. The molecule has 1 amide bonds. The van der Waals surface area contributed by atoms with E-state index in [4.69, 9.17) is 4.74 Å². The molecule has 1 aromatic carbocycles. The zero-order chi connectivity index (χ0) is 11.7. The molecule has 1 atom stereocenters. The molecule has 0 radical (unpaired) electrons. The van der Waals surface area contributed by atoms with Crippen LogP contribution in [0.1, 0.15) is 0 Å². The number of ether oxygens (including phenoxy) is 1. The monoisotopic (exact) mass is 474 g/mol. The first-order valence-electron chi connectivity index (χ1n) is 4.79. The van der Waals surface area contributed by atoms with Crippen LogP contribution >= 0.6 is 15.9 Å². The van der Waals surface area contributed by atoms with Crippen LogP contribution in [0.3, 0.4) is 0 Å². The van der Waals surface area contributed by atoms with Crippen LogP contribution in [0, 0.1) is 0 Å². The van der Waals surface area contributed by atoms with Crippen molar-refractivity contribution < 1.29 is 9.53 Å². The third-order valence-corrected chi connectivity index (χ3v) is 4.58. The molecule has 82 valence electrons. The second-order valence-corrected chi connectivity index (χ2v) is 5.75. The molecule has 1 N–H and O–H groups in total. The molecule has 16 heavy (non-hydrogen) atoms. The number of nitrogens with zero attached hydrogens (tertiary/aromatic N) is 1. The molecular weight excluding hydrogens is 464 g/mol. The number of rotatable bonds is 1. The Labute approximate surface area is 119 Å². The summed E-state index contributed by atoms with van der Waals surface area (Å²) < 4.78 is 9.68. The molecule has 0 aliphatic carbocycles. The van der Waals surface area contributed by atoms with E-state index in [0.717, 1.165) is 15.9 Å². The molecule has 0 aromatic heterocycles. The quantitative estimate of drug-likeness (QED) is 0.614. The van der Waals surface area contributed by atoms with Crippen molar-refractivity contribution in [2.45, 2.75) is 6.04 Å². The van der Waals surface area contributed by atoms with Crippen molar-refractivity contribution in [1.29, 1.82) is 0 Å². The predicted octanol–water partition coefficient (Wildman–Crippen LogP) is 0.846. The topological polar surface area (TPSA) is 41.6 Å². The fourth-order valence-corrected chi connectivity index (χ4v) is 2.87. The molecule has 1 aliphatic heterocycles. The average Bonchev–Trinajstić information content (AvgIpc) is 2.40. The fourth-order valence-electron chi connectivity index (χ4n) is 1.59. The Morgan fingerprint density at radius 1 is 1.62 bits per heavy atom. The Bertz CT molecular complexity index is 427. The van der Waals surface area contributed by atoms with Gasteiger partial charge in [0.05, 0.1) is 0 Å². The predicted molar refractivity (Wildman–Crippen MR) is 65.7 cm³/mol. The third kappa shape index (κ3) is 2.26. The molecule has 0 saturated heterocycles. The maximum atomic E-state index is 12.0. The van der Waals surface area contributed by atoms with Crippen LogP contribution in [-0.4, -0.2) is 51.7 Å². The Kier molecular flexibility index (Phi) is 3.85. The van der Waals surface area contributed by atoms with Gasteiger partial charge in [-0.2, -0.15) is 0 Å². The van der Waals surface area contributed by atoms with Gasteiger partial charge in [0.2, 0.25) is 0 Å². The number of hydrogen-bond acceptors (Lipinski definition) is 3. The Balaban J connectivity index is 2.42. The first-order valence-corrected chi connectivity index (χ1v) is 7.83. The van der Waals surface area contributed by atoms with Crippen LogP contribution in [0.4, 0.5) is 5.69 Å². The molecule has 1 aliphatic rings. The Morgan fingerprint density at radius 2 is 2.38 bits per heavy atom. The summed E-state index contributed by atoms with van der Waals surface area (Å²) in [5, 5.41) is 0. The van der Waals surface area contributed by atoms with E-state index in [9.17, 15) is 4.79 Å². The van der Waals surface area contributed by atoms with Crippen LogP contribution in [0.5, 0.6) is 5.75 Å². The minimum absolute atomic E-state index is 0.0550. The van der Waals surface area contributed by atoms with Gasteiger partial charge in [0, 0.05) is 0 Å². The van der Waals surface area contributed by atoms with Gasteiger partial charge in [-0.15, -0.1) is 0 Å². The summed E-state index contributed by atoms with van der Waals surface area (Å²) in [4.78, 5) is 13.7. The van der Waals surface area contributed by atoms with Gasteiger partial charge in [-0.05, 0) is 0 Å². The van der Waals surface area contributed by atoms with Crippen LogP contribution in [0.2, 0.25) is 0 Å². The normalized spacial score (nSPS) is 19.9. The number of carbonyl (C=O) groups excluding carboxylic acids is 1. The zero-order valence-corrected chi connectivity index (χ0v) is 14.8. The number of halogens is 1. The molecule has 6 heteroatoms. The fraction of sp³-hybridized carbons (Fsp3) is 0.300. The second kappa shape index (κ2) is 5.01. The Morgan fingerprint density at radius 3 is 3.06 bits per heavy atom. The molecule has 0 spiro atoms. The summed E-state index contributed by atoms with van der Waals surface area (Å²) in [6.45, 7) is 0.397. The number of hydrogen-bond donors (Lipinski definition) is 1. The van der Waals surface area contributed by atoms with E-state index in [-0.39, 0.29) is 11.9 Å². The molecule has 1 unspecified atom stereocenters. The van der Waals surface area contributed by atoms with Gasteiger partial charge < -0.3 is 0 Å². The molecule has 1 heterocycles. The summed E-state index contributed by atoms with van der Waals surface area (Å²) in [5.41, 5.74) is 0.808. The van der Waals surface area contributed by atoms with E-state index in [1.807, 2.05) is 18.2 Å². The number of likely N-dealkylation sites (N-methyl/N-ethyl adjacent to an activating group) is 1. The summed E-state index contributed by atoms with van der Waals surface area (Å²) in [6.07, 6.45) is 0. The van der Waals surface area contributed by atoms with Crippen molar-refractivity contribution in [3.63, 3.8) is 0 Å². The standard InChI is InChI=1S/C10H10BrN2O2.Tl/c1-13-8-4-6(11)2-3-9(8)15-5-7(12)10(13)14;/h2-4,7,12H,5H2,1H3;/q-1;+1. The molecule has 0 fully saturated rings. The van der Waals surface area contributed by atoms with E-state index in [1.165, 1.54) is 0 Å². The van der Waals surface area contributed by atoms with Crippen LogP contribution in [-0.2, 0) is 4.79 Å². The average molecular weight is 474 g/mol. The Hall–Kier alpha value is -0.148. The molecule has 2 rings (SSSR count). The van der Waals surface area contributed by atoms with Crippen LogP contribution in [0.25, 0.3) is 0 Å². The first kappa shape index (κ1) is 12.3. The number of nitrogens with one attached hydrogen (secondary N) is 1. The van der Waals surface area contributed by atoms with Gasteiger partial charge in [-0.3, -0.25) is 0 Å². The van der Waals surface area contributed by atoms with Gasteiger partial charge in [0.1, 0.15) is 0 Å². The first-order chi connectivity index (χ1) is 7.63. The van der Waals surface area contributed by atoms with Crippen molar-refractivity contribution in [3.8, 4) is 5.75 Å². The zero-order valence-electron chi connectivity index (χ0n) is 8.74. The van der Waals surface area contributed by atoms with E-state index in [2.05, 4.69) is 19.1 Å². The third-order valence-electron chi connectivity index (χ3n) is 2.52. The van der Waals surface area contributed by atoms with E-state index in [0.29, 0.717) is 32.7 Å². The summed E-state index contributed by atoms with van der Waals surface area (Å²) >= 11 is 3.97. The van der Waals surface area contributed by atoms with Crippen molar-refractivity contribution in [2.24, 2.45) is 0 Å². The van der Waals surface area contributed by atoms with E-state index >= 15 is 0 Å². The van der Waals surface area contributed by atoms with Gasteiger partial charge in [0.15, 0.2) is 0 Å². The number of carbonyl (C=O) groups is 1. The molecule has 0 saturated carbocycles. The number of fused-ring (bicyclic) bond motifs is 1.